The summed E-state index contributed by atoms with van der Waals surface area (Å²) in [6.07, 6.45) is 5.16. The van der Waals surface area contributed by atoms with E-state index in [-0.39, 0.29) is 5.91 Å². The fourth-order valence-corrected chi connectivity index (χ4v) is 4.37. The van der Waals surface area contributed by atoms with Gasteiger partial charge >= 0.3 is 0 Å². The number of nitrogens with zero attached hydrogens (tertiary/aromatic N) is 4. The zero-order chi connectivity index (χ0) is 21.3. The van der Waals surface area contributed by atoms with Gasteiger partial charge in [0.15, 0.2) is 4.96 Å². The summed E-state index contributed by atoms with van der Waals surface area (Å²) in [5.74, 6) is 0.557. The highest BCUT2D eigenvalue weighted by molar-refractivity contribution is 7.15. The third kappa shape index (κ3) is 4.31. The first-order valence-corrected chi connectivity index (χ1v) is 11.1. The molecule has 0 aliphatic rings. The van der Waals surface area contributed by atoms with Gasteiger partial charge in [0.2, 0.25) is 5.91 Å². The Hall–Kier alpha value is -2.93. The monoisotopic (exact) mass is 421 g/mol. The third-order valence-corrected chi connectivity index (χ3v) is 6.00. The van der Waals surface area contributed by atoms with Crippen molar-refractivity contribution in [1.82, 2.24) is 19.2 Å². The lowest BCUT2D eigenvalue weighted by molar-refractivity contribution is -0.116. The Kier molecular flexibility index (Phi) is 5.72. The van der Waals surface area contributed by atoms with Crippen LogP contribution < -0.4 is 5.32 Å². The number of benzene rings is 1. The van der Waals surface area contributed by atoms with Crippen LogP contribution in [0.2, 0.25) is 0 Å². The lowest BCUT2D eigenvalue weighted by atomic mass is 10.1. The van der Waals surface area contributed by atoms with Gasteiger partial charge in [0, 0.05) is 47.7 Å². The van der Waals surface area contributed by atoms with E-state index in [1.54, 1.807) is 11.3 Å². The molecule has 3 heterocycles. The van der Waals surface area contributed by atoms with Crippen LogP contribution in [0.4, 0.5) is 5.69 Å². The van der Waals surface area contributed by atoms with Crippen molar-refractivity contribution in [3.63, 3.8) is 0 Å². The smallest absolute Gasteiger partial charge is 0.224 e. The van der Waals surface area contributed by atoms with Gasteiger partial charge in [0.1, 0.15) is 0 Å². The maximum absolute atomic E-state index is 12.5. The van der Waals surface area contributed by atoms with Crippen LogP contribution in [0.15, 0.2) is 42.0 Å². The Labute approximate surface area is 180 Å². The van der Waals surface area contributed by atoms with Crippen LogP contribution >= 0.6 is 11.3 Å². The maximum atomic E-state index is 12.5. The van der Waals surface area contributed by atoms with Crippen molar-refractivity contribution >= 4 is 27.9 Å². The van der Waals surface area contributed by atoms with Crippen LogP contribution in [-0.4, -0.2) is 25.1 Å². The zero-order valence-corrected chi connectivity index (χ0v) is 18.7. The van der Waals surface area contributed by atoms with E-state index in [2.05, 4.69) is 40.9 Å². The molecule has 0 radical (unpaired) electrons. The van der Waals surface area contributed by atoms with Crippen molar-refractivity contribution in [3.8, 4) is 11.3 Å². The van der Waals surface area contributed by atoms with Crippen LogP contribution in [0.5, 0.6) is 0 Å². The van der Waals surface area contributed by atoms with Gasteiger partial charge < -0.3 is 5.32 Å². The fraction of sp³-hybridized carbons (Fsp3) is 0.348. The number of aromatic nitrogens is 4. The van der Waals surface area contributed by atoms with Gasteiger partial charge in [-0.25, -0.2) is 4.98 Å². The standard InChI is InChI=1S/C23H27N5OS/c1-15(2)13-28-17(4)20(16(3)26-28)9-10-22(29)24-19-7-5-18(6-8-19)21-14-27-11-12-30-23(27)25-21/h5-8,11-12,14-15H,9-10,13H2,1-4H3,(H,24,29). The number of anilines is 1. The summed E-state index contributed by atoms with van der Waals surface area (Å²) in [6.45, 7) is 9.39. The van der Waals surface area contributed by atoms with E-state index in [1.165, 1.54) is 11.3 Å². The number of hydrogen-bond acceptors (Lipinski definition) is 4. The number of amides is 1. The molecule has 0 spiro atoms. The molecule has 1 N–H and O–H groups in total. The molecule has 0 unspecified atom stereocenters. The maximum Gasteiger partial charge on any atom is 0.224 e. The number of nitrogens with one attached hydrogen (secondary N) is 1. The van der Waals surface area contributed by atoms with Crippen LogP contribution in [0, 0.1) is 19.8 Å². The minimum Gasteiger partial charge on any atom is -0.326 e. The van der Waals surface area contributed by atoms with Crippen LogP contribution in [0.25, 0.3) is 16.2 Å². The summed E-state index contributed by atoms with van der Waals surface area (Å²) in [4.78, 5) is 18.1. The van der Waals surface area contributed by atoms with Gasteiger partial charge in [-0.15, -0.1) is 11.3 Å². The second-order valence-corrected chi connectivity index (χ2v) is 8.94. The highest BCUT2D eigenvalue weighted by Crippen LogP contribution is 2.23. The molecule has 30 heavy (non-hydrogen) atoms. The highest BCUT2D eigenvalue weighted by atomic mass is 32.1. The van der Waals surface area contributed by atoms with E-state index >= 15 is 0 Å². The molecule has 0 fully saturated rings. The molecule has 6 nitrogen and oxygen atoms in total. The minimum absolute atomic E-state index is 0.0145. The molecule has 0 saturated carbocycles. The molecule has 3 aromatic heterocycles. The first kappa shape index (κ1) is 20.3. The Bertz CT molecular complexity index is 1140. The van der Waals surface area contributed by atoms with Gasteiger partial charge in [-0.2, -0.15) is 5.10 Å². The topological polar surface area (TPSA) is 64.2 Å². The Morgan fingerprint density at radius 1 is 1.20 bits per heavy atom. The minimum atomic E-state index is 0.0145. The number of carbonyl (C=O) groups is 1. The molecular weight excluding hydrogens is 394 g/mol. The van der Waals surface area contributed by atoms with Crippen molar-refractivity contribution in [2.75, 3.05) is 5.32 Å². The normalized spacial score (nSPS) is 11.5. The van der Waals surface area contributed by atoms with Gasteiger partial charge in [0.05, 0.1) is 11.4 Å². The number of imidazole rings is 1. The van der Waals surface area contributed by atoms with Crippen molar-refractivity contribution < 1.29 is 4.79 Å². The van der Waals surface area contributed by atoms with Crippen molar-refractivity contribution in [3.05, 3.63) is 59.0 Å². The van der Waals surface area contributed by atoms with E-state index in [0.717, 1.165) is 34.1 Å². The first-order chi connectivity index (χ1) is 14.4. The summed E-state index contributed by atoms with van der Waals surface area (Å²) in [5, 5.41) is 9.66. The summed E-state index contributed by atoms with van der Waals surface area (Å²) in [7, 11) is 0. The van der Waals surface area contributed by atoms with Crippen LogP contribution in [0.3, 0.4) is 0 Å². The van der Waals surface area contributed by atoms with Gasteiger partial charge in [-0.3, -0.25) is 13.9 Å². The molecule has 4 aromatic rings. The molecule has 0 atom stereocenters. The zero-order valence-electron chi connectivity index (χ0n) is 17.8. The molecule has 0 saturated heterocycles. The van der Waals surface area contributed by atoms with Gasteiger partial charge in [-0.1, -0.05) is 26.0 Å². The molecule has 0 aliphatic carbocycles. The number of hydrogen-bond donors (Lipinski definition) is 1. The van der Waals surface area contributed by atoms with Crippen molar-refractivity contribution in [1.29, 1.82) is 0 Å². The quantitative estimate of drug-likeness (QED) is 0.451. The number of thiazole rings is 1. The van der Waals surface area contributed by atoms with Crippen molar-refractivity contribution in [2.24, 2.45) is 5.92 Å². The van der Waals surface area contributed by atoms with E-state index in [9.17, 15) is 4.79 Å². The number of fused-ring (bicyclic) bond motifs is 1. The number of aryl methyl sites for hydroxylation is 1. The molecule has 7 heteroatoms. The highest BCUT2D eigenvalue weighted by Gasteiger charge is 2.14. The molecule has 4 rings (SSSR count). The average Bonchev–Trinajstić information content (AvgIpc) is 3.36. The molecule has 1 amide bonds. The second-order valence-electron chi connectivity index (χ2n) is 8.07. The van der Waals surface area contributed by atoms with Gasteiger partial charge in [-0.05, 0) is 43.9 Å². The average molecular weight is 422 g/mol. The molecule has 156 valence electrons. The lowest BCUT2D eigenvalue weighted by Crippen LogP contribution is -2.13. The van der Waals surface area contributed by atoms with Crippen molar-refractivity contribution in [2.45, 2.75) is 47.1 Å². The lowest BCUT2D eigenvalue weighted by Gasteiger charge is -2.08. The van der Waals surface area contributed by atoms with E-state index in [0.29, 0.717) is 18.8 Å². The molecular formula is C23H27N5OS. The predicted octanol–water partition coefficient (Wildman–Crippen LogP) is 5.10. The first-order valence-electron chi connectivity index (χ1n) is 10.3. The molecule has 0 aliphatic heterocycles. The Balaban J connectivity index is 1.36. The number of carbonyl (C=O) groups excluding carboxylic acids is 1. The second kappa shape index (κ2) is 8.44. The van der Waals surface area contributed by atoms with E-state index < -0.39 is 0 Å². The molecule has 0 bridgehead atoms. The summed E-state index contributed by atoms with van der Waals surface area (Å²) in [5.41, 5.74) is 6.13. The number of rotatable bonds is 7. The van der Waals surface area contributed by atoms with Crippen LogP contribution in [0.1, 0.15) is 37.2 Å². The SMILES string of the molecule is Cc1nn(CC(C)C)c(C)c1CCC(=O)Nc1ccc(-c2cn3ccsc3n2)cc1. The van der Waals surface area contributed by atoms with E-state index in [1.807, 2.05) is 53.4 Å². The fourth-order valence-electron chi connectivity index (χ4n) is 3.67. The van der Waals surface area contributed by atoms with E-state index in [4.69, 9.17) is 0 Å². The third-order valence-electron chi connectivity index (χ3n) is 5.23. The summed E-state index contributed by atoms with van der Waals surface area (Å²) >= 11 is 1.61. The van der Waals surface area contributed by atoms with Gasteiger partial charge in [0.25, 0.3) is 0 Å². The Morgan fingerprint density at radius 2 is 1.97 bits per heavy atom. The molecule has 1 aromatic carbocycles. The summed E-state index contributed by atoms with van der Waals surface area (Å²) < 4.78 is 4.08. The predicted molar refractivity (Wildman–Crippen MR) is 122 cm³/mol. The largest absolute Gasteiger partial charge is 0.326 e. The summed E-state index contributed by atoms with van der Waals surface area (Å²) in [6, 6.07) is 7.84. The van der Waals surface area contributed by atoms with Crippen LogP contribution in [-0.2, 0) is 17.8 Å². The Morgan fingerprint density at radius 3 is 2.67 bits per heavy atom.